The molecule has 0 spiro atoms. The van der Waals surface area contributed by atoms with Gasteiger partial charge in [0.15, 0.2) is 15.0 Å². The van der Waals surface area contributed by atoms with Crippen molar-refractivity contribution in [2.45, 2.75) is 17.1 Å². The van der Waals surface area contributed by atoms with Gasteiger partial charge in [-0.15, -0.1) is 11.3 Å². The number of nitriles is 1. The monoisotopic (exact) mass is 721 g/mol. The molecule has 41 heavy (non-hydrogen) atoms. The van der Waals surface area contributed by atoms with Crippen molar-refractivity contribution >= 4 is 78.7 Å². The molecular weight excluding hydrogens is 706 g/mol. The van der Waals surface area contributed by atoms with Gasteiger partial charge in [0.25, 0.3) is 0 Å². The second kappa shape index (κ2) is 12.1. The highest BCUT2D eigenvalue weighted by Crippen LogP contribution is 2.60. The summed E-state index contributed by atoms with van der Waals surface area (Å²) in [6.45, 7) is 0.0939. The molecule has 1 heterocycles. The Morgan fingerprint density at radius 1 is 1.07 bits per heavy atom. The number of rotatable bonds is 9. The molecule has 2 N–H and O–H groups in total. The zero-order chi connectivity index (χ0) is 30.2. The van der Waals surface area contributed by atoms with E-state index >= 15 is 0 Å². The summed E-state index contributed by atoms with van der Waals surface area (Å²) in [5.74, 6) is -0.639. The number of sulfone groups is 1. The van der Waals surface area contributed by atoms with Gasteiger partial charge in [-0.1, -0.05) is 63.4 Å². The van der Waals surface area contributed by atoms with E-state index in [1.165, 1.54) is 35.6 Å². The third-order valence-electron chi connectivity index (χ3n) is 5.77. The first-order chi connectivity index (χ1) is 19.1. The van der Waals surface area contributed by atoms with Crippen LogP contribution in [0, 0.1) is 11.3 Å². The van der Waals surface area contributed by atoms with Gasteiger partial charge in [-0.2, -0.15) is 14.0 Å². The first kappa shape index (κ1) is 31.5. The first-order valence-electron chi connectivity index (χ1n) is 11.2. The quantitative estimate of drug-likeness (QED) is 0.168. The molecular formula is C25H17BrCl2F2N3O5PS2. The molecule has 0 atom stereocenters. The number of nitrogens with zero attached hydrogens (tertiary/aromatic N) is 3. The Kier molecular flexibility index (Phi) is 9.28. The number of aromatic nitrogens is 1. The number of benzene rings is 3. The predicted octanol–water partition coefficient (Wildman–Crippen LogP) is 7.74. The van der Waals surface area contributed by atoms with Crippen molar-refractivity contribution in [3.05, 3.63) is 91.7 Å². The lowest BCUT2D eigenvalue weighted by Crippen LogP contribution is -2.18. The molecule has 4 aromatic rings. The second-order valence-electron chi connectivity index (χ2n) is 8.54. The average molecular weight is 723 g/mol. The normalized spacial score (nSPS) is 12.2. The maximum Gasteiger partial charge on any atom is 0.399 e. The van der Waals surface area contributed by atoms with Crippen LogP contribution in [0.15, 0.2) is 75.4 Å². The standard InChI is InChI=1S/C25H17BrCl2F2N3O5PS2/c26-20-11-15(1-7-19(20)25(29,30)39(34,35)36)13-33(17-4-8-21(27)22(28)12-17)24-32-23(14-40-24)16-2-5-18(6-3-16)41(37,38)10-9-31/h1-8,11-12,14H,10,13H2,(H2,34,35,36). The molecule has 3 aromatic carbocycles. The minimum atomic E-state index is -5.77. The number of anilines is 2. The van der Waals surface area contributed by atoms with Crippen molar-refractivity contribution in [3.63, 3.8) is 0 Å². The molecule has 0 radical (unpaired) electrons. The van der Waals surface area contributed by atoms with Gasteiger partial charge in [-0.05, 0) is 42.0 Å². The van der Waals surface area contributed by atoms with E-state index in [-0.39, 0.29) is 20.9 Å². The van der Waals surface area contributed by atoms with E-state index in [9.17, 15) is 21.8 Å². The van der Waals surface area contributed by atoms with Crippen LogP contribution in [0.25, 0.3) is 11.3 Å². The molecule has 8 nitrogen and oxygen atoms in total. The Hall–Kier alpha value is -2.40. The largest absolute Gasteiger partial charge is 0.399 e. The summed E-state index contributed by atoms with van der Waals surface area (Å²) in [6.07, 6.45) is 0. The summed E-state index contributed by atoms with van der Waals surface area (Å²) < 4.78 is 64.2. The maximum absolute atomic E-state index is 14.3. The molecule has 0 aliphatic heterocycles. The molecule has 0 saturated heterocycles. The van der Waals surface area contributed by atoms with Crippen LogP contribution in [0.2, 0.25) is 10.0 Å². The van der Waals surface area contributed by atoms with Gasteiger partial charge in [0.05, 0.1) is 33.2 Å². The van der Waals surface area contributed by atoms with E-state index in [1.54, 1.807) is 46.7 Å². The Morgan fingerprint density at radius 2 is 1.76 bits per heavy atom. The number of thiazole rings is 1. The average Bonchev–Trinajstić information content (AvgIpc) is 3.38. The molecule has 16 heteroatoms. The van der Waals surface area contributed by atoms with Crippen LogP contribution in [-0.2, 0) is 26.6 Å². The third kappa shape index (κ3) is 6.82. The van der Waals surface area contributed by atoms with E-state index in [2.05, 4.69) is 20.9 Å². The molecule has 0 amide bonds. The van der Waals surface area contributed by atoms with Crippen LogP contribution >= 0.6 is 58.1 Å². The van der Waals surface area contributed by atoms with E-state index in [1.807, 2.05) is 0 Å². The van der Waals surface area contributed by atoms with Gasteiger partial charge in [0.1, 0.15) is 5.75 Å². The summed E-state index contributed by atoms with van der Waals surface area (Å²) in [4.78, 5) is 24.7. The summed E-state index contributed by atoms with van der Waals surface area (Å²) >= 11 is 16.6. The number of hydrogen-bond acceptors (Lipinski definition) is 7. The number of alkyl halides is 2. The Balaban J connectivity index is 1.71. The zero-order valence-electron chi connectivity index (χ0n) is 20.4. The maximum atomic E-state index is 14.3. The molecule has 214 valence electrons. The highest BCUT2D eigenvalue weighted by Gasteiger charge is 2.51. The first-order valence-corrected chi connectivity index (χ1v) is 16.9. The van der Waals surface area contributed by atoms with Crippen molar-refractivity contribution in [1.29, 1.82) is 5.26 Å². The fourth-order valence-corrected chi connectivity index (χ4v) is 7.06. The van der Waals surface area contributed by atoms with Crippen molar-refractivity contribution in [2.24, 2.45) is 0 Å². The summed E-state index contributed by atoms with van der Waals surface area (Å²) in [6, 6.07) is 16.0. The van der Waals surface area contributed by atoms with E-state index < -0.39 is 34.4 Å². The summed E-state index contributed by atoms with van der Waals surface area (Å²) in [7, 11) is -9.49. The van der Waals surface area contributed by atoms with Gasteiger partial charge < -0.3 is 14.7 Å². The molecule has 0 saturated carbocycles. The van der Waals surface area contributed by atoms with Gasteiger partial charge >= 0.3 is 13.3 Å². The van der Waals surface area contributed by atoms with Gasteiger partial charge in [0.2, 0.25) is 0 Å². The molecule has 1 aromatic heterocycles. The Morgan fingerprint density at radius 3 is 2.34 bits per heavy atom. The minimum Gasteiger partial charge on any atom is -0.320 e. The van der Waals surface area contributed by atoms with Crippen molar-refractivity contribution in [1.82, 2.24) is 4.98 Å². The molecule has 0 aliphatic carbocycles. The smallest absolute Gasteiger partial charge is 0.320 e. The fraction of sp³-hybridized carbons (Fsp3) is 0.120. The van der Waals surface area contributed by atoms with Crippen LogP contribution in [0.3, 0.4) is 0 Å². The lowest BCUT2D eigenvalue weighted by molar-refractivity contribution is 0.0557. The van der Waals surface area contributed by atoms with Crippen LogP contribution in [0.4, 0.5) is 19.6 Å². The van der Waals surface area contributed by atoms with Gasteiger partial charge in [0, 0.05) is 26.7 Å². The molecule has 0 aliphatic rings. The lowest BCUT2D eigenvalue weighted by Gasteiger charge is -2.24. The van der Waals surface area contributed by atoms with Crippen molar-refractivity contribution < 1.29 is 31.6 Å². The van der Waals surface area contributed by atoms with Crippen molar-refractivity contribution in [2.75, 3.05) is 10.7 Å². The Bertz CT molecular complexity index is 1810. The zero-order valence-corrected chi connectivity index (χ0v) is 26.0. The lowest BCUT2D eigenvalue weighted by atomic mass is 10.1. The van der Waals surface area contributed by atoms with Crippen LogP contribution in [0.5, 0.6) is 0 Å². The van der Waals surface area contributed by atoms with E-state index in [0.717, 1.165) is 6.07 Å². The molecule has 0 unspecified atom stereocenters. The van der Waals surface area contributed by atoms with E-state index in [0.29, 0.717) is 32.7 Å². The topological polar surface area (TPSA) is 132 Å². The Labute approximate surface area is 256 Å². The third-order valence-corrected chi connectivity index (χ3v) is 10.5. The fourth-order valence-electron chi connectivity index (χ4n) is 3.68. The predicted molar refractivity (Wildman–Crippen MR) is 158 cm³/mol. The summed E-state index contributed by atoms with van der Waals surface area (Å²) in [5.41, 5.74) is -3.04. The second-order valence-corrected chi connectivity index (χ2v) is 14.7. The highest BCUT2D eigenvalue weighted by molar-refractivity contribution is 9.10. The SMILES string of the molecule is N#CCS(=O)(=O)c1ccc(-c2csc(N(Cc3ccc(C(F)(F)P(=O)(O)O)c(Br)c3)c3ccc(Cl)c(Cl)c3)n2)cc1. The van der Waals surface area contributed by atoms with Gasteiger partial charge in [-0.25, -0.2) is 13.4 Å². The van der Waals surface area contributed by atoms with Crippen molar-refractivity contribution in [3.8, 4) is 17.3 Å². The number of hydrogen-bond donors (Lipinski definition) is 2. The number of halogens is 5. The molecule has 0 bridgehead atoms. The highest BCUT2D eigenvalue weighted by atomic mass is 79.9. The van der Waals surface area contributed by atoms with E-state index in [4.69, 9.17) is 38.3 Å². The summed E-state index contributed by atoms with van der Waals surface area (Å²) in [5, 5.41) is 11.5. The molecule has 4 rings (SSSR count). The molecule has 0 fully saturated rings. The van der Waals surface area contributed by atoms with Crippen LogP contribution in [0.1, 0.15) is 11.1 Å². The van der Waals surface area contributed by atoms with Crippen LogP contribution in [-0.4, -0.2) is 28.9 Å². The van der Waals surface area contributed by atoms with Gasteiger partial charge in [-0.3, -0.25) is 4.57 Å². The minimum absolute atomic E-state index is 0.00837. The van der Waals surface area contributed by atoms with Crippen LogP contribution < -0.4 is 4.90 Å².